The van der Waals surface area contributed by atoms with Crippen LogP contribution in [-0.4, -0.2) is 17.0 Å². The lowest BCUT2D eigenvalue weighted by Gasteiger charge is -2.12. The Morgan fingerprint density at radius 2 is 2.00 bits per heavy atom. The molecule has 0 radical (unpaired) electrons. The number of aliphatic hydroxyl groups excluding tert-OH is 1. The number of unbranched alkanes of at least 4 members (excludes halogenated alkanes) is 2. The topological polar surface area (TPSA) is 20.2 Å². The highest BCUT2D eigenvalue weighted by Crippen LogP contribution is 2.27. The number of thioether (sulfide) groups is 1. The molecule has 0 saturated heterocycles. The smallest absolute Gasteiger partial charge is 0.0612 e. The number of hydrogen-bond donors (Lipinski definition) is 1. The van der Waals surface area contributed by atoms with Gasteiger partial charge in [-0.15, -0.1) is 11.8 Å². The van der Waals surface area contributed by atoms with Gasteiger partial charge in [-0.05, 0) is 18.6 Å². The third-order valence-corrected chi connectivity index (χ3v) is 3.82. The van der Waals surface area contributed by atoms with E-state index in [0.29, 0.717) is 5.25 Å². The van der Waals surface area contributed by atoms with Crippen molar-refractivity contribution in [3.05, 3.63) is 42.5 Å². The van der Waals surface area contributed by atoms with E-state index in [0.717, 1.165) is 0 Å². The molecule has 0 fully saturated rings. The summed E-state index contributed by atoms with van der Waals surface area (Å²) >= 11 is 1.88. The number of rotatable bonds is 8. The Morgan fingerprint density at radius 1 is 1.24 bits per heavy atom. The van der Waals surface area contributed by atoms with E-state index in [1.807, 2.05) is 23.9 Å². The predicted octanol–water partition coefficient (Wildman–Crippen LogP) is 4.28. The van der Waals surface area contributed by atoms with Crippen LogP contribution in [0.1, 0.15) is 32.6 Å². The van der Waals surface area contributed by atoms with Crippen molar-refractivity contribution in [1.29, 1.82) is 0 Å². The molecular formula is C15H22OS. The van der Waals surface area contributed by atoms with E-state index in [1.165, 1.54) is 30.6 Å². The monoisotopic (exact) mass is 250 g/mol. The summed E-state index contributed by atoms with van der Waals surface area (Å²) in [5.41, 5.74) is 0. The Bertz CT molecular complexity index is 308. The SMILES string of the molecule is CCCCCC(/C=C\CO)Sc1ccccc1. The first-order chi connectivity index (χ1) is 8.36. The average molecular weight is 250 g/mol. The van der Waals surface area contributed by atoms with Crippen molar-refractivity contribution in [2.45, 2.75) is 42.8 Å². The Morgan fingerprint density at radius 3 is 2.65 bits per heavy atom. The molecular weight excluding hydrogens is 228 g/mol. The number of benzene rings is 1. The molecule has 0 aliphatic carbocycles. The molecule has 0 amide bonds. The molecule has 1 N–H and O–H groups in total. The van der Waals surface area contributed by atoms with Gasteiger partial charge in [-0.2, -0.15) is 0 Å². The fourth-order valence-electron chi connectivity index (χ4n) is 1.68. The number of aliphatic hydroxyl groups is 1. The number of hydrogen-bond acceptors (Lipinski definition) is 2. The zero-order valence-corrected chi connectivity index (χ0v) is 11.3. The zero-order valence-electron chi connectivity index (χ0n) is 10.5. The molecule has 0 bridgehead atoms. The van der Waals surface area contributed by atoms with Crippen LogP contribution in [-0.2, 0) is 0 Å². The largest absolute Gasteiger partial charge is 0.392 e. The van der Waals surface area contributed by atoms with Gasteiger partial charge in [-0.25, -0.2) is 0 Å². The third kappa shape index (κ3) is 6.54. The average Bonchev–Trinajstić information content (AvgIpc) is 2.37. The minimum absolute atomic E-state index is 0.139. The Kier molecular flexibility index (Phi) is 7.85. The van der Waals surface area contributed by atoms with Crippen LogP contribution in [0.5, 0.6) is 0 Å². The summed E-state index contributed by atoms with van der Waals surface area (Å²) in [4.78, 5) is 1.30. The lowest BCUT2D eigenvalue weighted by Crippen LogP contribution is -1.98. The van der Waals surface area contributed by atoms with Crippen LogP contribution in [0.15, 0.2) is 47.4 Å². The normalized spacial score (nSPS) is 13.1. The second-order valence-corrected chi connectivity index (χ2v) is 5.39. The molecule has 1 atom stereocenters. The molecule has 94 valence electrons. The molecule has 1 aromatic rings. The van der Waals surface area contributed by atoms with Crippen LogP contribution in [0.4, 0.5) is 0 Å². The van der Waals surface area contributed by atoms with Crippen molar-refractivity contribution in [2.75, 3.05) is 6.61 Å². The summed E-state index contributed by atoms with van der Waals surface area (Å²) in [7, 11) is 0. The van der Waals surface area contributed by atoms with Gasteiger partial charge in [0.2, 0.25) is 0 Å². The van der Waals surface area contributed by atoms with E-state index in [-0.39, 0.29) is 6.61 Å². The summed E-state index contributed by atoms with van der Waals surface area (Å²) in [6, 6.07) is 10.5. The van der Waals surface area contributed by atoms with Crippen molar-refractivity contribution < 1.29 is 5.11 Å². The van der Waals surface area contributed by atoms with Gasteiger partial charge in [-0.1, -0.05) is 56.5 Å². The summed E-state index contributed by atoms with van der Waals surface area (Å²) in [6.07, 6.45) is 8.98. The molecule has 0 aliphatic rings. The van der Waals surface area contributed by atoms with Gasteiger partial charge >= 0.3 is 0 Å². The molecule has 0 spiro atoms. The van der Waals surface area contributed by atoms with Gasteiger partial charge < -0.3 is 5.11 Å². The van der Waals surface area contributed by atoms with Crippen molar-refractivity contribution in [3.63, 3.8) is 0 Å². The van der Waals surface area contributed by atoms with E-state index in [4.69, 9.17) is 5.11 Å². The van der Waals surface area contributed by atoms with Crippen LogP contribution < -0.4 is 0 Å². The summed E-state index contributed by atoms with van der Waals surface area (Å²) < 4.78 is 0. The maximum absolute atomic E-state index is 8.86. The van der Waals surface area contributed by atoms with Crippen molar-refractivity contribution in [3.8, 4) is 0 Å². The fraction of sp³-hybridized carbons (Fsp3) is 0.467. The van der Waals surface area contributed by atoms with E-state index >= 15 is 0 Å². The van der Waals surface area contributed by atoms with Gasteiger partial charge in [0.05, 0.1) is 6.61 Å². The molecule has 0 heterocycles. The molecule has 1 nitrogen and oxygen atoms in total. The van der Waals surface area contributed by atoms with Crippen molar-refractivity contribution in [2.24, 2.45) is 0 Å². The molecule has 17 heavy (non-hydrogen) atoms. The molecule has 0 aliphatic heterocycles. The van der Waals surface area contributed by atoms with E-state index < -0.39 is 0 Å². The molecule has 1 aromatic carbocycles. The second-order valence-electron chi connectivity index (χ2n) is 4.08. The first-order valence-electron chi connectivity index (χ1n) is 6.36. The van der Waals surface area contributed by atoms with Crippen LogP contribution in [0.3, 0.4) is 0 Å². The zero-order chi connectivity index (χ0) is 12.3. The Hall–Kier alpha value is -0.730. The third-order valence-electron chi connectivity index (χ3n) is 2.58. The minimum Gasteiger partial charge on any atom is -0.392 e. The highest BCUT2D eigenvalue weighted by Gasteiger charge is 2.06. The van der Waals surface area contributed by atoms with Gasteiger partial charge in [-0.3, -0.25) is 0 Å². The first-order valence-corrected chi connectivity index (χ1v) is 7.24. The van der Waals surface area contributed by atoms with Crippen LogP contribution in [0, 0.1) is 0 Å². The lowest BCUT2D eigenvalue weighted by molar-refractivity contribution is 0.342. The van der Waals surface area contributed by atoms with Crippen molar-refractivity contribution in [1.82, 2.24) is 0 Å². The summed E-state index contributed by atoms with van der Waals surface area (Å²) in [5, 5.41) is 9.34. The second kappa shape index (κ2) is 9.32. The van der Waals surface area contributed by atoms with E-state index in [9.17, 15) is 0 Å². The highest BCUT2D eigenvalue weighted by atomic mass is 32.2. The maximum Gasteiger partial charge on any atom is 0.0612 e. The molecule has 0 saturated carbocycles. The summed E-state index contributed by atoms with van der Waals surface area (Å²) in [6.45, 7) is 2.36. The highest BCUT2D eigenvalue weighted by molar-refractivity contribution is 8.00. The summed E-state index contributed by atoms with van der Waals surface area (Å²) in [5.74, 6) is 0. The van der Waals surface area contributed by atoms with Crippen LogP contribution >= 0.6 is 11.8 Å². The van der Waals surface area contributed by atoms with E-state index in [2.05, 4.69) is 37.3 Å². The molecule has 0 aromatic heterocycles. The molecule has 1 rings (SSSR count). The standard InChI is InChI=1S/C15H22OS/c1-2-3-5-9-15(12-8-13-16)17-14-10-6-4-7-11-14/h4,6-8,10-12,15-16H,2-3,5,9,13H2,1H3/b12-8-. The van der Waals surface area contributed by atoms with Crippen LogP contribution in [0.25, 0.3) is 0 Å². The molecule has 1 unspecified atom stereocenters. The van der Waals surface area contributed by atoms with Gasteiger partial charge in [0.1, 0.15) is 0 Å². The Labute approximate surface area is 109 Å². The first kappa shape index (κ1) is 14.3. The van der Waals surface area contributed by atoms with E-state index in [1.54, 1.807) is 0 Å². The van der Waals surface area contributed by atoms with Crippen LogP contribution in [0.2, 0.25) is 0 Å². The lowest BCUT2D eigenvalue weighted by atomic mass is 10.1. The van der Waals surface area contributed by atoms with Gasteiger partial charge in [0.15, 0.2) is 0 Å². The quantitative estimate of drug-likeness (QED) is 0.422. The maximum atomic E-state index is 8.86. The van der Waals surface area contributed by atoms with Gasteiger partial charge in [0, 0.05) is 10.1 Å². The van der Waals surface area contributed by atoms with Gasteiger partial charge in [0.25, 0.3) is 0 Å². The Balaban J connectivity index is 2.48. The van der Waals surface area contributed by atoms with Crippen molar-refractivity contribution >= 4 is 11.8 Å². The fourth-order valence-corrected chi connectivity index (χ4v) is 2.81. The minimum atomic E-state index is 0.139. The molecule has 2 heteroatoms. The predicted molar refractivity (Wildman–Crippen MR) is 76.5 cm³/mol.